The van der Waals surface area contributed by atoms with Crippen LogP contribution in [0.15, 0.2) is 42.6 Å². The van der Waals surface area contributed by atoms with Crippen LogP contribution in [0.2, 0.25) is 0 Å². The quantitative estimate of drug-likeness (QED) is 0.896. The molecule has 19 heavy (non-hydrogen) atoms. The molecule has 2 N–H and O–H groups in total. The highest BCUT2D eigenvalue weighted by atomic mass is 16.5. The molecule has 0 saturated heterocycles. The molecule has 1 unspecified atom stereocenters. The summed E-state index contributed by atoms with van der Waals surface area (Å²) in [5, 5.41) is 4.22. The largest absolute Gasteiger partial charge is 0.360 e. The maximum absolute atomic E-state index is 6.21. The zero-order chi connectivity index (χ0) is 13.9. The Kier molecular flexibility index (Phi) is 4.02. The second-order valence-corrected chi connectivity index (χ2v) is 5.25. The normalized spacial score (nSPS) is 13.5. The third-order valence-corrected chi connectivity index (χ3v) is 3.16. The molecule has 1 aromatic carbocycles. The van der Waals surface area contributed by atoms with Crippen LogP contribution >= 0.6 is 0 Å². The van der Waals surface area contributed by atoms with Gasteiger partial charge >= 0.3 is 0 Å². The second-order valence-electron chi connectivity index (χ2n) is 5.25. The predicted molar refractivity (Wildman–Crippen MR) is 75.7 cm³/mol. The lowest BCUT2D eigenvalue weighted by Crippen LogP contribution is -2.36. The highest BCUT2D eigenvalue weighted by molar-refractivity contribution is 5.26. The Labute approximate surface area is 114 Å². The highest BCUT2D eigenvalue weighted by Gasteiger charge is 2.26. The molecule has 0 bridgehead atoms. The summed E-state index contributed by atoms with van der Waals surface area (Å²) in [4.78, 5) is 0. The van der Waals surface area contributed by atoms with Crippen molar-refractivity contribution in [3.8, 4) is 0 Å². The molecule has 0 saturated carbocycles. The summed E-state index contributed by atoms with van der Waals surface area (Å²) in [6.45, 7) is 4.47. The number of benzene rings is 1. The zero-order valence-corrected chi connectivity index (χ0v) is 11.7. The van der Waals surface area contributed by atoms with Crippen molar-refractivity contribution in [2.45, 2.75) is 25.6 Å². The molecular weight excluding hydrogens is 238 g/mol. The fourth-order valence-electron chi connectivity index (χ4n) is 1.94. The van der Waals surface area contributed by atoms with Crippen LogP contribution in [0, 0.1) is 0 Å². The van der Waals surface area contributed by atoms with E-state index in [0.717, 1.165) is 11.3 Å². The van der Waals surface area contributed by atoms with Gasteiger partial charge in [-0.15, -0.1) is 0 Å². The fraction of sp³-hybridized carbons (Fsp3) is 0.400. The first-order valence-electron chi connectivity index (χ1n) is 6.44. The van der Waals surface area contributed by atoms with Crippen LogP contribution in [0.3, 0.4) is 0 Å². The lowest BCUT2D eigenvalue weighted by Gasteiger charge is -2.30. The van der Waals surface area contributed by atoms with Gasteiger partial charge in [0.1, 0.15) is 6.10 Å². The summed E-state index contributed by atoms with van der Waals surface area (Å²) >= 11 is 0. The lowest BCUT2D eigenvalue weighted by atomic mass is 10.0. The molecule has 0 aliphatic rings. The van der Waals surface area contributed by atoms with Crippen molar-refractivity contribution in [2.24, 2.45) is 12.8 Å². The van der Waals surface area contributed by atoms with Gasteiger partial charge in [0.15, 0.2) is 0 Å². The van der Waals surface area contributed by atoms with Crippen LogP contribution in [0.1, 0.15) is 31.2 Å². The molecule has 0 amide bonds. The Morgan fingerprint density at radius 2 is 1.95 bits per heavy atom. The molecule has 2 rings (SSSR count). The first-order chi connectivity index (χ1) is 9.03. The maximum Gasteiger partial charge on any atom is 0.125 e. The van der Waals surface area contributed by atoms with Gasteiger partial charge in [0.25, 0.3) is 0 Å². The zero-order valence-electron chi connectivity index (χ0n) is 11.7. The minimum Gasteiger partial charge on any atom is -0.360 e. The van der Waals surface area contributed by atoms with Crippen LogP contribution in [-0.4, -0.2) is 21.9 Å². The summed E-state index contributed by atoms with van der Waals surface area (Å²) in [5.74, 6) is 0. The average molecular weight is 259 g/mol. The topological polar surface area (TPSA) is 53.1 Å². The van der Waals surface area contributed by atoms with E-state index < -0.39 is 0 Å². The highest BCUT2D eigenvalue weighted by Crippen LogP contribution is 2.29. The molecule has 1 atom stereocenters. The van der Waals surface area contributed by atoms with Crippen LogP contribution in [0.25, 0.3) is 0 Å². The number of nitrogens with two attached hydrogens (primary N) is 1. The van der Waals surface area contributed by atoms with E-state index in [-0.39, 0.29) is 11.7 Å². The SMILES string of the molecule is Cn1nccc1C(OC(C)(C)CN)c1ccccc1. The van der Waals surface area contributed by atoms with Gasteiger partial charge in [-0.2, -0.15) is 5.10 Å². The molecule has 0 spiro atoms. The molecule has 102 valence electrons. The average Bonchev–Trinajstić information content (AvgIpc) is 2.83. The molecule has 0 fully saturated rings. The number of hydrogen-bond acceptors (Lipinski definition) is 3. The van der Waals surface area contributed by atoms with Crippen LogP contribution in [-0.2, 0) is 11.8 Å². The summed E-state index contributed by atoms with van der Waals surface area (Å²) in [5.41, 5.74) is 7.52. The van der Waals surface area contributed by atoms with E-state index in [9.17, 15) is 0 Å². The smallest absolute Gasteiger partial charge is 0.125 e. The first kappa shape index (κ1) is 13.8. The Balaban J connectivity index is 2.37. The van der Waals surface area contributed by atoms with E-state index in [1.54, 1.807) is 6.20 Å². The molecule has 4 nitrogen and oxygen atoms in total. The Hall–Kier alpha value is -1.65. The molecule has 0 radical (unpaired) electrons. The molecule has 0 aliphatic heterocycles. The number of nitrogens with zero attached hydrogens (tertiary/aromatic N) is 2. The van der Waals surface area contributed by atoms with E-state index in [1.165, 1.54) is 0 Å². The number of rotatable bonds is 5. The Morgan fingerprint density at radius 3 is 2.47 bits per heavy atom. The minimum atomic E-state index is -0.384. The summed E-state index contributed by atoms with van der Waals surface area (Å²) < 4.78 is 8.05. The predicted octanol–water partition coefficient (Wildman–Crippen LogP) is 2.26. The van der Waals surface area contributed by atoms with Crippen molar-refractivity contribution in [3.63, 3.8) is 0 Å². The monoisotopic (exact) mass is 259 g/mol. The van der Waals surface area contributed by atoms with Crippen molar-refractivity contribution in [3.05, 3.63) is 53.9 Å². The molecule has 1 aromatic heterocycles. The van der Waals surface area contributed by atoms with Gasteiger partial charge in [0.05, 0.1) is 11.3 Å². The number of hydrogen-bond donors (Lipinski definition) is 1. The van der Waals surface area contributed by atoms with E-state index in [4.69, 9.17) is 10.5 Å². The summed E-state index contributed by atoms with van der Waals surface area (Å²) in [6, 6.07) is 12.1. The molecule has 2 aromatic rings. The van der Waals surface area contributed by atoms with Gasteiger partial charge in [-0.05, 0) is 25.5 Å². The van der Waals surface area contributed by atoms with Crippen molar-refractivity contribution >= 4 is 0 Å². The Bertz CT molecular complexity index is 519. The van der Waals surface area contributed by atoms with E-state index in [0.29, 0.717) is 6.54 Å². The number of ether oxygens (including phenoxy) is 1. The Morgan fingerprint density at radius 1 is 1.26 bits per heavy atom. The lowest BCUT2D eigenvalue weighted by molar-refractivity contribution is -0.0522. The molecule has 4 heteroatoms. The maximum atomic E-state index is 6.21. The minimum absolute atomic E-state index is 0.160. The van der Waals surface area contributed by atoms with Crippen molar-refractivity contribution in [2.75, 3.05) is 6.54 Å². The summed E-state index contributed by atoms with van der Waals surface area (Å²) in [7, 11) is 1.92. The summed E-state index contributed by atoms with van der Waals surface area (Å²) in [6.07, 6.45) is 1.62. The number of aryl methyl sites for hydroxylation is 1. The molecule has 0 aliphatic carbocycles. The molecule has 1 heterocycles. The third kappa shape index (κ3) is 3.22. The van der Waals surface area contributed by atoms with E-state index in [2.05, 4.69) is 17.2 Å². The fourth-order valence-corrected chi connectivity index (χ4v) is 1.94. The van der Waals surface area contributed by atoms with Gasteiger partial charge < -0.3 is 10.5 Å². The van der Waals surface area contributed by atoms with Crippen LogP contribution in [0.4, 0.5) is 0 Å². The third-order valence-electron chi connectivity index (χ3n) is 3.16. The standard InChI is InChI=1S/C15H21N3O/c1-15(2,11-16)19-14(12-7-5-4-6-8-12)13-9-10-17-18(13)3/h4-10,14H,11,16H2,1-3H3. The number of aromatic nitrogens is 2. The van der Waals surface area contributed by atoms with E-state index in [1.807, 2.05) is 49.8 Å². The second kappa shape index (κ2) is 5.55. The van der Waals surface area contributed by atoms with Crippen molar-refractivity contribution in [1.29, 1.82) is 0 Å². The van der Waals surface area contributed by atoms with Gasteiger partial charge in [-0.3, -0.25) is 4.68 Å². The van der Waals surface area contributed by atoms with Crippen molar-refractivity contribution < 1.29 is 4.74 Å². The van der Waals surface area contributed by atoms with Crippen LogP contribution < -0.4 is 5.73 Å². The van der Waals surface area contributed by atoms with Crippen LogP contribution in [0.5, 0.6) is 0 Å². The first-order valence-corrected chi connectivity index (χ1v) is 6.44. The molecular formula is C15H21N3O. The van der Waals surface area contributed by atoms with Gasteiger partial charge in [0, 0.05) is 19.8 Å². The van der Waals surface area contributed by atoms with Gasteiger partial charge in [-0.25, -0.2) is 0 Å². The van der Waals surface area contributed by atoms with Crippen molar-refractivity contribution in [1.82, 2.24) is 9.78 Å². The van der Waals surface area contributed by atoms with E-state index >= 15 is 0 Å². The van der Waals surface area contributed by atoms with Gasteiger partial charge in [-0.1, -0.05) is 30.3 Å². The van der Waals surface area contributed by atoms with Gasteiger partial charge in [0.2, 0.25) is 0 Å².